The van der Waals surface area contributed by atoms with Gasteiger partial charge in [-0.25, -0.2) is 4.39 Å². The van der Waals surface area contributed by atoms with Gasteiger partial charge in [-0.05, 0) is 57.7 Å². The Kier molecular flexibility index (Phi) is 6.19. The highest BCUT2D eigenvalue weighted by Gasteiger charge is 2.38. The average Bonchev–Trinajstić information content (AvgIpc) is 2.77. The number of nitrogens with zero attached hydrogens (tertiary/aromatic N) is 1. The molecule has 0 radical (unpaired) electrons. The molecule has 2 aliphatic rings. The molecule has 0 saturated carbocycles. The quantitative estimate of drug-likeness (QED) is 0.623. The van der Waals surface area contributed by atoms with Crippen molar-refractivity contribution in [2.45, 2.75) is 31.8 Å². The zero-order valence-electron chi connectivity index (χ0n) is 17.3. The van der Waals surface area contributed by atoms with Crippen LogP contribution in [0.5, 0.6) is 11.5 Å². The molecule has 6 nitrogen and oxygen atoms in total. The first-order valence-corrected chi connectivity index (χ1v) is 10.8. The summed E-state index contributed by atoms with van der Waals surface area (Å²) < 4.78 is 31.1. The van der Waals surface area contributed by atoms with Gasteiger partial charge in [-0.15, -0.1) is 0 Å². The van der Waals surface area contributed by atoms with Crippen LogP contribution in [0.3, 0.4) is 0 Å². The molecule has 0 amide bonds. The number of hydrogen-bond acceptors (Lipinski definition) is 6. The average molecular weight is 499 g/mol. The number of halogens is 2. The van der Waals surface area contributed by atoms with Crippen molar-refractivity contribution in [2.24, 2.45) is 5.73 Å². The number of allylic oxidation sites excluding steroid dienone is 3. The molecule has 2 aromatic rings. The van der Waals surface area contributed by atoms with E-state index in [-0.39, 0.29) is 29.7 Å². The summed E-state index contributed by atoms with van der Waals surface area (Å²) in [4.78, 5) is 12.8. The number of hydrogen-bond donors (Lipinski definition) is 1. The van der Waals surface area contributed by atoms with Gasteiger partial charge in [0.05, 0.1) is 17.5 Å². The summed E-state index contributed by atoms with van der Waals surface area (Å²) in [7, 11) is 1.50. The second-order valence-corrected chi connectivity index (χ2v) is 8.35. The number of Topliss-reactive ketones (excluding diaryl/α,β-unsaturated/α-hetero) is 1. The standard InChI is InChI=1S/C24H20BrFN2O4/c1-30-20-10-14(9-17(25)23(20)31-12-13-4-2-5-15(26)8-13)21-16(11-27)24(28)32-19-7-3-6-18(29)22(19)21/h2,4-5,8-10,21H,3,6-7,12,28H2,1H3/t21-/m1/s1. The highest BCUT2D eigenvalue weighted by atomic mass is 79.9. The maximum Gasteiger partial charge on any atom is 0.205 e. The lowest BCUT2D eigenvalue weighted by Gasteiger charge is -2.31. The minimum atomic E-state index is -0.654. The molecule has 32 heavy (non-hydrogen) atoms. The number of benzene rings is 2. The summed E-state index contributed by atoms with van der Waals surface area (Å²) in [6.07, 6.45) is 1.66. The maximum absolute atomic E-state index is 13.5. The maximum atomic E-state index is 13.5. The van der Waals surface area contributed by atoms with E-state index in [0.29, 0.717) is 57.7 Å². The molecule has 0 saturated heterocycles. The number of rotatable bonds is 5. The van der Waals surface area contributed by atoms with Crippen LogP contribution in [-0.4, -0.2) is 12.9 Å². The first-order chi connectivity index (χ1) is 15.4. The van der Waals surface area contributed by atoms with Gasteiger partial charge < -0.3 is 19.9 Å². The molecule has 1 aliphatic carbocycles. The van der Waals surface area contributed by atoms with Crippen LogP contribution in [0.4, 0.5) is 4.39 Å². The number of carbonyl (C=O) groups excluding carboxylic acids is 1. The Morgan fingerprint density at radius 2 is 2.12 bits per heavy atom. The molecule has 8 heteroatoms. The van der Waals surface area contributed by atoms with Crippen LogP contribution in [0.25, 0.3) is 0 Å². The van der Waals surface area contributed by atoms with E-state index in [4.69, 9.17) is 19.9 Å². The number of methoxy groups -OCH3 is 1. The van der Waals surface area contributed by atoms with Crippen molar-refractivity contribution in [1.82, 2.24) is 0 Å². The molecule has 1 aliphatic heterocycles. The second-order valence-electron chi connectivity index (χ2n) is 7.49. The zero-order valence-corrected chi connectivity index (χ0v) is 18.9. The van der Waals surface area contributed by atoms with Gasteiger partial charge in [0.15, 0.2) is 17.3 Å². The first kappa shape index (κ1) is 21.9. The van der Waals surface area contributed by atoms with E-state index in [9.17, 15) is 14.4 Å². The third-order valence-electron chi connectivity index (χ3n) is 5.46. The van der Waals surface area contributed by atoms with E-state index in [1.807, 2.05) is 0 Å². The molecule has 1 atom stereocenters. The lowest BCUT2D eigenvalue weighted by molar-refractivity contribution is -0.116. The molecule has 2 aromatic carbocycles. The van der Waals surface area contributed by atoms with Crippen molar-refractivity contribution in [3.8, 4) is 17.6 Å². The summed E-state index contributed by atoms with van der Waals surface area (Å²) in [6, 6.07) is 11.7. The summed E-state index contributed by atoms with van der Waals surface area (Å²) >= 11 is 3.51. The highest BCUT2D eigenvalue weighted by molar-refractivity contribution is 9.10. The largest absolute Gasteiger partial charge is 0.493 e. The smallest absolute Gasteiger partial charge is 0.205 e. The summed E-state index contributed by atoms with van der Waals surface area (Å²) in [6.45, 7) is 0.132. The third-order valence-corrected chi connectivity index (χ3v) is 6.05. The van der Waals surface area contributed by atoms with Crippen molar-refractivity contribution in [3.63, 3.8) is 0 Å². The number of nitriles is 1. The molecular weight excluding hydrogens is 479 g/mol. The van der Waals surface area contributed by atoms with E-state index in [0.717, 1.165) is 0 Å². The van der Waals surface area contributed by atoms with Crippen molar-refractivity contribution >= 4 is 21.7 Å². The van der Waals surface area contributed by atoms with Crippen LogP contribution < -0.4 is 15.2 Å². The molecule has 0 unspecified atom stereocenters. The minimum absolute atomic E-state index is 0.00692. The van der Waals surface area contributed by atoms with Gasteiger partial charge in [0.1, 0.15) is 29.8 Å². The second kappa shape index (κ2) is 9.05. The Morgan fingerprint density at radius 3 is 2.84 bits per heavy atom. The number of nitrogens with two attached hydrogens (primary N) is 1. The van der Waals surface area contributed by atoms with E-state index in [1.54, 1.807) is 24.3 Å². The van der Waals surface area contributed by atoms with Crippen LogP contribution >= 0.6 is 15.9 Å². The van der Waals surface area contributed by atoms with Crippen molar-refractivity contribution in [1.29, 1.82) is 5.26 Å². The van der Waals surface area contributed by atoms with Crippen LogP contribution in [0.15, 0.2) is 63.7 Å². The fraction of sp³-hybridized carbons (Fsp3) is 0.250. The topological polar surface area (TPSA) is 94.6 Å². The van der Waals surface area contributed by atoms with Crippen LogP contribution in [0.2, 0.25) is 0 Å². The molecule has 4 rings (SSSR count). The molecule has 1 heterocycles. The Labute approximate surface area is 193 Å². The Morgan fingerprint density at radius 1 is 1.31 bits per heavy atom. The van der Waals surface area contributed by atoms with Crippen molar-refractivity contribution in [2.75, 3.05) is 7.11 Å². The lowest BCUT2D eigenvalue weighted by Crippen LogP contribution is -2.27. The summed E-state index contributed by atoms with van der Waals surface area (Å²) in [5, 5.41) is 9.75. The van der Waals surface area contributed by atoms with Gasteiger partial charge in [-0.2, -0.15) is 5.26 Å². The number of carbonyl (C=O) groups is 1. The van der Waals surface area contributed by atoms with Crippen molar-refractivity contribution < 1.29 is 23.4 Å². The molecule has 0 spiro atoms. The molecule has 164 valence electrons. The van der Waals surface area contributed by atoms with Gasteiger partial charge >= 0.3 is 0 Å². The van der Waals surface area contributed by atoms with Crippen LogP contribution in [0.1, 0.15) is 36.3 Å². The normalized spacial score (nSPS) is 18.1. The fourth-order valence-corrected chi connectivity index (χ4v) is 4.59. The third kappa shape index (κ3) is 4.08. The Bertz CT molecular complexity index is 1200. The molecular formula is C24H20BrFN2O4. The monoisotopic (exact) mass is 498 g/mol. The lowest BCUT2D eigenvalue weighted by atomic mass is 9.77. The van der Waals surface area contributed by atoms with Crippen molar-refractivity contribution in [3.05, 3.63) is 80.6 Å². The summed E-state index contributed by atoms with van der Waals surface area (Å²) in [5.41, 5.74) is 7.98. The van der Waals surface area contributed by atoms with Gasteiger partial charge in [0.2, 0.25) is 5.88 Å². The predicted octanol–water partition coefficient (Wildman–Crippen LogP) is 4.99. The minimum Gasteiger partial charge on any atom is -0.493 e. The van der Waals surface area contributed by atoms with Gasteiger partial charge in [-0.1, -0.05) is 12.1 Å². The highest BCUT2D eigenvalue weighted by Crippen LogP contribution is 2.47. The SMILES string of the molecule is COc1cc([C@@H]2C(C#N)=C(N)OC3=C2C(=O)CCC3)cc(Br)c1OCc1cccc(F)c1. The first-order valence-electron chi connectivity index (χ1n) is 10.0. The fourth-order valence-electron chi connectivity index (χ4n) is 4.02. The molecule has 0 fully saturated rings. The van der Waals surface area contributed by atoms with Gasteiger partial charge in [0, 0.05) is 18.4 Å². The van der Waals surface area contributed by atoms with E-state index < -0.39 is 5.92 Å². The van der Waals surface area contributed by atoms with E-state index in [1.165, 1.54) is 19.2 Å². The number of ether oxygens (including phenoxy) is 3. The van der Waals surface area contributed by atoms with Crippen LogP contribution in [0, 0.1) is 17.1 Å². The number of ketones is 1. The zero-order chi connectivity index (χ0) is 22.8. The van der Waals surface area contributed by atoms with Crippen LogP contribution in [-0.2, 0) is 16.1 Å². The summed E-state index contributed by atoms with van der Waals surface area (Å²) in [5.74, 6) is 0.293. The molecule has 2 N–H and O–H groups in total. The van der Waals surface area contributed by atoms with E-state index in [2.05, 4.69) is 22.0 Å². The Balaban J connectivity index is 1.74. The van der Waals surface area contributed by atoms with Gasteiger partial charge in [0.25, 0.3) is 0 Å². The molecule has 0 bridgehead atoms. The van der Waals surface area contributed by atoms with Gasteiger partial charge in [-0.3, -0.25) is 4.79 Å². The Hall–Kier alpha value is -3.31. The van der Waals surface area contributed by atoms with E-state index >= 15 is 0 Å². The molecule has 0 aromatic heterocycles. The predicted molar refractivity (Wildman–Crippen MR) is 118 cm³/mol.